The van der Waals surface area contributed by atoms with Crippen LogP contribution >= 0.6 is 0 Å². The lowest BCUT2D eigenvalue weighted by Gasteiger charge is -2.30. The number of alkyl carbamates (subject to hydrolysis) is 1. The second-order valence-corrected chi connectivity index (χ2v) is 10.3. The average molecular weight is 493 g/mol. The molecule has 36 heavy (non-hydrogen) atoms. The van der Waals surface area contributed by atoms with E-state index in [-0.39, 0.29) is 18.2 Å². The van der Waals surface area contributed by atoms with Crippen LogP contribution in [0.3, 0.4) is 0 Å². The molecule has 3 aromatic rings. The molecule has 1 aromatic carbocycles. The maximum atomic E-state index is 12.1. The van der Waals surface area contributed by atoms with Gasteiger partial charge in [0.1, 0.15) is 11.4 Å². The van der Waals surface area contributed by atoms with Crippen molar-refractivity contribution in [2.24, 2.45) is 0 Å². The van der Waals surface area contributed by atoms with Gasteiger partial charge in [-0.15, -0.1) is 0 Å². The molecule has 0 unspecified atom stereocenters. The summed E-state index contributed by atoms with van der Waals surface area (Å²) in [4.78, 5) is 25.8. The fourth-order valence-electron chi connectivity index (χ4n) is 4.58. The Bertz CT molecular complexity index is 1230. The number of nitrogens with two attached hydrogens (primary N) is 1. The zero-order valence-corrected chi connectivity index (χ0v) is 21.7. The molecule has 4 rings (SSSR count). The summed E-state index contributed by atoms with van der Waals surface area (Å²) in [5.41, 5.74) is 9.26. The fraction of sp³-hybridized carbons (Fsp3) is 0.481. The molecule has 1 fully saturated rings. The highest BCUT2D eigenvalue weighted by Crippen LogP contribution is 2.33. The number of nitrogen functional groups attached to an aromatic ring is 1. The van der Waals surface area contributed by atoms with Crippen LogP contribution in [0.2, 0.25) is 0 Å². The molecule has 192 valence electrons. The van der Waals surface area contributed by atoms with Crippen LogP contribution in [-0.4, -0.2) is 45.8 Å². The Balaban J connectivity index is 1.46. The summed E-state index contributed by atoms with van der Waals surface area (Å²) < 4.78 is 10.8. The molecule has 0 radical (unpaired) electrons. The van der Waals surface area contributed by atoms with E-state index in [0.29, 0.717) is 17.6 Å². The van der Waals surface area contributed by atoms with Gasteiger partial charge in [-0.05, 0) is 88.3 Å². The first-order valence-corrected chi connectivity index (χ1v) is 12.5. The minimum atomic E-state index is -0.494. The Hall–Kier alpha value is -3.62. The van der Waals surface area contributed by atoms with Crippen molar-refractivity contribution in [3.8, 4) is 17.0 Å². The number of aromatic nitrogens is 3. The van der Waals surface area contributed by atoms with E-state index in [1.54, 1.807) is 13.2 Å². The zero-order chi connectivity index (χ0) is 25.9. The molecule has 9 heteroatoms. The number of carbonyl (C=O) groups excluding carboxylic acids is 1. The van der Waals surface area contributed by atoms with Gasteiger partial charge in [0.2, 0.25) is 11.8 Å². The van der Waals surface area contributed by atoms with Crippen molar-refractivity contribution >= 4 is 28.8 Å². The van der Waals surface area contributed by atoms with Crippen LogP contribution < -0.4 is 21.1 Å². The molecule has 0 atom stereocenters. The molecule has 2 aromatic heterocycles. The molecule has 9 nitrogen and oxygen atoms in total. The number of methoxy groups -OCH3 is 1. The number of ether oxygens (including phenoxy) is 2. The van der Waals surface area contributed by atoms with Crippen molar-refractivity contribution in [3.05, 3.63) is 36.0 Å². The summed E-state index contributed by atoms with van der Waals surface area (Å²) in [6.45, 7) is 7.72. The Kier molecular flexibility index (Phi) is 7.47. The van der Waals surface area contributed by atoms with Crippen LogP contribution in [0.15, 0.2) is 30.5 Å². The van der Waals surface area contributed by atoms with E-state index in [1.165, 1.54) is 0 Å². The highest BCUT2D eigenvalue weighted by molar-refractivity contribution is 5.88. The molecule has 1 amide bonds. The highest BCUT2D eigenvalue weighted by atomic mass is 16.6. The van der Waals surface area contributed by atoms with Crippen LogP contribution in [0.4, 0.5) is 16.6 Å². The Morgan fingerprint density at radius 3 is 2.50 bits per heavy atom. The maximum Gasteiger partial charge on any atom is 0.407 e. The van der Waals surface area contributed by atoms with E-state index < -0.39 is 5.60 Å². The van der Waals surface area contributed by atoms with Gasteiger partial charge in [-0.3, -0.25) is 0 Å². The number of carbonyl (C=O) groups is 1. The summed E-state index contributed by atoms with van der Waals surface area (Å²) >= 11 is 0. The largest absolute Gasteiger partial charge is 0.480 e. The van der Waals surface area contributed by atoms with E-state index in [0.717, 1.165) is 59.7 Å². The topological polar surface area (TPSA) is 124 Å². The van der Waals surface area contributed by atoms with Gasteiger partial charge < -0.3 is 25.8 Å². The van der Waals surface area contributed by atoms with Crippen LogP contribution in [0, 0.1) is 0 Å². The number of anilines is 2. The van der Waals surface area contributed by atoms with Crippen molar-refractivity contribution in [3.63, 3.8) is 0 Å². The van der Waals surface area contributed by atoms with Gasteiger partial charge in [0.25, 0.3) is 0 Å². The van der Waals surface area contributed by atoms with E-state index in [9.17, 15) is 4.79 Å². The quantitative estimate of drug-likeness (QED) is 0.434. The number of rotatable bonds is 6. The minimum absolute atomic E-state index is 0.125. The normalized spacial score (nSPS) is 18.0. The summed E-state index contributed by atoms with van der Waals surface area (Å²) in [5, 5.41) is 7.44. The molecule has 2 heterocycles. The molecule has 0 bridgehead atoms. The standard InChI is InChI=1S/C27H36N6O3/c1-6-16-13-17(21-11-12-22(28)32-24(21)35-5)14-18-15-29-25(33-23(16)18)30-19-7-9-20(10-8-19)31-26(34)36-27(2,3)4/h11-15,19-20H,6-10H2,1-5H3,(H2,28,32)(H,31,34)(H,29,30,33)/t19-,20-. The van der Waals surface area contributed by atoms with Gasteiger partial charge in [0.15, 0.2) is 0 Å². The molecule has 0 aliphatic heterocycles. The molecule has 1 saturated carbocycles. The molecule has 0 spiro atoms. The van der Waals surface area contributed by atoms with E-state index in [4.69, 9.17) is 20.2 Å². The van der Waals surface area contributed by atoms with Gasteiger partial charge in [-0.2, -0.15) is 4.98 Å². The number of hydrogen-bond acceptors (Lipinski definition) is 8. The zero-order valence-electron chi connectivity index (χ0n) is 21.7. The van der Waals surface area contributed by atoms with Crippen molar-refractivity contribution < 1.29 is 14.3 Å². The smallest absolute Gasteiger partial charge is 0.407 e. The van der Waals surface area contributed by atoms with Gasteiger partial charge in [-0.25, -0.2) is 14.8 Å². The number of aryl methyl sites for hydroxylation is 1. The summed E-state index contributed by atoms with van der Waals surface area (Å²) in [7, 11) is 1.59. The lowest BCUT2D eigenvalue weighted by atomic mass is 9.91. The van der Waals surface area contributed by atoms with Crippen LogP contribution in [-0.2, 0) is 11.2 Å². The van der Waals surface area contributed by atoms with Crippen LogP contribution in [0.25, 0.3) is 22.0 Å². The number of nitrogens with zero attached hydrogens (tertiary/aromatic N) is 3. The number of pyridine rings is 1. The number of nitrogens with one attached hydrogen (secondary N) is 2. The summed E-state index contributed by atoms with van der Waals surface area (Å²) in [6.07, 6.45) is 5.94. The van der Waals surface area contributed by atoms with Crippen molar-refractivity contribution in [1.29, 1.82) is 0 Å². The maximum absolute atomic E-state index is 12.1. The van der Waals surface area contributed by atoms with Crippen LogP contribution in [0.5, 0.6) is 5.88 Å². The minimum Gasteiger partial charge on any atom is -0.480 e. The second kappa shape index (κ2) is 10.6. The van der Waals surface area contributed by atoms with Crippen molar-refractivity contribution in [2.75, 3.05) is 18.2 Å². The van der Waals surface area contributed by atoms with Gasteiger partial charge >= 0.3 is 6.09 Å². The fourth-order valence-corrected chi connectivity index (χ4v) is 4.58. The number of hydrogen-bond donors (Lipinski definition) is 3. The Morgan fingerprint density at radius 2 is 1.83 bits per heavy atom. The molecular weight excluding hydrogens is 456 g/mol. The Labute approximate surface area is 212 Å². The van der Waals surface area contributed by atoms with Crippen molar-refractivity contribution in [2.45, 2.75) is 77.5 Å². The first-order valence-electron chi connectivity index (χ1n) is 12.5. The van der Waals surface area contributed by atoms with Crippen molar-refractivity contribution in [1.82, 2.24) is 20.3 Å². The highest BCUT2D eigenvalue weighted by Gasteiger charge is 2.25. The first kappa shape index (κ1) is 25.5. The SMILES string of the molecule is CCc1cc(-c2ccc(N)nc2OC)cc2cnc(N[C@H]3CC[C@H](NC(=O)OC(C)(C)C)CC3)nc12. The lowest BCUT2D eigenvalue weighted by molar-refractivity contribution is 0.0492. The van der Waals surface area contributed by atoms with E-state index >= 15 is 0 Å². The first-order chi connectivity index (χ1) is 17.1. The van der Waals surface area contributed by atoms with Gasteiger partial charge in [-0.1, -0.05) is 6.92 Å². The van der Waals surface area contributed by atoms with Crippen LogP contribution in [0.1, 0.15) is 58.9 Å². The summed E-state index contributed by atoms with van der Waals surface area (Å²) in [5.74, 6) is 1.54. The molecule has 0 saturated heterocycles. The lowest BCUT2D eigenvalue weighted by Crippen LogP contribution is -2.42. The molecule has 1 aliphatic rings. The molecular formula is C27H36N6O3. The second-order valence-electron chi connectivity index (χ2n) is 10.3. The van der Waals surface area contributed by atoms with E-state index in [1.807, 2.05) is 33.0 Å². The molecule has 4 N–H and O–H groups in total. The van der Waals surface area contributed by atoms with E-state index in [2.05, 4.69) is 39.7 Å². The third kappa shape index (κ3) is 6.13. The summed E-state index contributed by atoms with van der Waals surface area (Å²) in [6, 6.07) is 8.26. The third-order valence-electron chi connectivity index (χ3n) is 6.31. The third-order valence-corrected chi connectivity index (χ3v) is 6.31. The molecule has 1 aliphatic carbocycles. The predicted octanol–water partition coefficient (Wildman–Crippen LogP) is 5.09. The number of benzene rings is 1. The predicted molar refractivity (Wildman–Crippen MR) is 142 cm³/mol. The number of fused-ring (bicyclic) bond motifs is 1. The van der Waals surface area contributed by atoms with Gasteiger partial charge in [0.05, 0.1) is 12.6 Å². The average Bonchev–Trinajstić information content (AvgIpc) is 2.83. The van der Waals surface area contributed by atoms with Gasteiger partial charge in [0, 0.05) is 29.2 Å². The number of amides is 1. The Morgan fingerprint density at radius 1 is 1.11 bits per heavy atom. The monoisotopic (exact) mass is 492 g/mol.